The second-order valence-corrected chi connectivity index (χ2v) is 12.9. The summed E-state index contributed by atoms with van der Waals surface area (Å²) >= 11 is 0. The number of ketones is 1. The zero-order chi connectivity index (χ0) is 35.5. The number of aromatic hydroxyl groups is 2. The van der Waals surface area contributed by atoms with Crippen LogP contribution < -0.4 is 22.2 Å². The molecular formula is C37H55N5O6. The van der Waals surface area contributed by atoms with Gasteiger partial charge in [0.1, 0.15) is 17.8 Å². The molecular weight excluding hydrogens is 610 g/mol. The number of nitrogens with one attached hydrogen (secondary N) is 2. The fraction of sp³-hybridized carbons (Fsp3) is 0.514. The Kier molecular flexibility index (Phi) is 17.2. The van der Waals surface area contributed by atoms with Gasteiger partial charge in [0, 0.05) is 55.6 Å². The molecule has 0 saturated carbocycles. The molecule has 0 aliphatic carbocycles. The predicted octanol–water partition coefficient (Wildman–Crippen LogP) is 4.70. The number of rotatable bonds is 23. The van der Waals surface area contributed by atoms with Crippen LogP contribution in [0.2, 0.25) is 0 Å². The maximum absolute atomic E-state index is 12.8. The smallest absolute Gasteiger partial charge is 0.220 e. The first kappa shape index (κ1) is 39.8. The first-order valence-corrected chi connectivity index (χ1v) is 17.0. The fourth-order valence-corrected chi connectivity index (χ4v) is 5.53. The van der Waals surface area contributed by atoms with Crippen molar-refractivity contribution >= 4 is 23.9 Å². The molecule has 0 bridgehead atoms. The number of nitrogens with two attached hydrogens (primary N) is 2. The van der Waals surface area contributed by atoms with E-state index in [0.717, 1.165) is 23.8 Å². The molecule has 0 aromatic heterocycles. The van der Waals surface area contributed by atoms with E-state index in [0.29, 0.717) is 70.2 Å². The Morgan fingerprint density at radius 1 is 0.854 bits per heavy atom. The molecule has 1 unspecified atom stereocenters. The van der Waals surface area contributed by atoms with Crippen molar-refractivity contribution in [2.45, 2.75) is 103 Å². The zero-order valence-corrected chi connectivity index (χ0v) is 28.7. The van der Waals surface area contributed by atoms with Gasteiger partial charge < -0.3 is 36.4 Å². The van der Waals surface area contributed by atoms with Gasteiger partial charge in [-0.15, -0.1) is 0 Å². The minimum atomic E-state index is -0.566. The van der Waals surface area contributed by atoms with Crippen molar-refractivity contribution in [1.29, 1.82) is 0 Å². The summed E-state index contributed by atoms with van der Waals surface area (Å²) < 4.78 is 0. The van der Waals surface area contributed by atoms with Crippen LogP contribution in [0.4, 0.5) is 0 Å². The Balaban J connectivity index is 1.77. The second kappa shape index (κ2) is 20.8. The Morgan fingerprint density at radius 2 is 1.46 bits per heavy atom. The number of amides is 2. The molecule has 11 nitrogen and oxygen atoms in total. The number of hydrazine groups is 1. The molecule has 264 valence electrons. The summed E-state index contributed by atoms with van der Waals surface area (Å²) in [6, 6.07) is 13.3. The highest BCUT2D eigenvalue weighted by Crippen LogP contribution is 2.37. The van der Waals surface area contributed by atoms with E-state index in [9.17, 15) is 29.4 Å². The fourth-order valence-electron chi connectivity index (χ4n) is 5.53. The molecule has 0 radical (unpaired) electrons. The highest BCUT2D eigenvalue weighted by Gasteiger charge is 2.30. The van der Waals surface area contributed by atoms with Gasteiger partial charge in [0.2, 0.25) is 11.8 Å². The SMILES string of the molecule is CC(C)C(=O)C(CCCCN(N)/C=C(\N)CCCC=O)NC(=O)CCCCNC(=O)CCC(C)(c1ccc(O)cc1)c1ccc(O)cc1. The second-order valence-electron chi connectivity index (χ2n) is 12.9. The van der Waals surface area contributed by atoms with Gasteiger partial charge in [-0.2, -0.15) is 0 Å². The number of aldehydes is 1. The van der Waals surface area contributed by atoms with Gasteiger partial charge in [-0.3, -0.25) is 14.4 Å². The maximum atomic E-state index is 12.8. The summed E-state index contributed by atoms with van der Waals surface area (Å²) in [5.41, 5.74) is 7.92. The first-order valence-electron chi connectivity index (χ1n) is 17.0. The average Bonchev–Trinajstić information content (AvgIpc) is 3.05. The Labute approximate surface area is 285 Å². The van der Waals surface area contributed by atoms with E-state index in [-0.39, 0.29) is 47.9 Å². The molecule has 2 aromatic carbocycles. The number of phenols is 2. The van der Waals surface area contributed by atoms with Crippen LogP contribution in [0.25, 0.3) is 0 Å². The van der Waals surface area contributed by atoms with Gasteiger partial charge in [-0.1, -0.05) is 45.0 Å². The van der Waals surface area contributed by atoms with Crippen LogP contribution in [0.3, 0.4) is 0 Å². The lowest BCUT2D eigenvalue weighted by molar-refractivity contribution is -0.129. The molecule has 0 aliphatic rings. The van der Waals surface area contributed by atoms with Crippen molar-refractivity contribution in [3.63, 3.8) is 0 Å². The standard InChI is InChI=1S/C37H55N5O6/c1-27(2)36(48)33(11-5-8-24-42(39)26-30(38)10-6-9-25-43)41-35(47)12-4-7-23-40-34(46)21-22-37(3,28-13-17-31(44)18-14-28)29-15-19-32(45)20-16-29/h13-20,25-27,33,44-45H,4-12,21-24,38-39H2,1-3H3,(H,40,46)(H,41,47)/b30-26-. The van der Waals surface area contributed by atoms with Gasteiger partial charge in [0.25, 0.3) is 0 Å². The van der Waals surface area contributed by atoms with Gasteiger partial charge in [0.15, 0.2) is 5.78 Å². The van der Waals surface area contributed by atoms with Crippen molar-refractivity contribution in [2.24, 2.45) is 17.5 Å². The van der Waals surface area contributed by atoms with Crippen molar-refractivity contribution < 1.29 is 29.4 Å². The monoisotopic (exact) mass is 665 g/mol. The Bertz CT molecular complexity index is 1280. The van der Waals surface area contributed by atoms with E-state index in [1.54, 1.807) is 30.5 Å². The summed E-state index contributed by atoms with van der Waals surface area (Å²) in [4.78, 5) is 48.8. The molecule has 2 rings (SSSR count). The van der Waals surface area contributed by atoms with Crippen LogP contribution in [0.15, 0.2) is 60.4 Å². The predicted molar refractivity (Wildman–Crippen MR) is 187 cm³/mol. The molecule has 1 atom stereocenters. The molecule has 11 heteroatoms. The first-order chi connectivity index (χ1) is 22.8. The minimum absolute atomic E-state index is 0.00820. The summed E-state index contributed by atoms with van der Waals surface area (Å²) in [5, 5.41) is 26.9. The quantitative estimate of drug-likeness (QED) is 0.0423. The number of phenolic OH excluding ortho intramolecular Hbond substituents is 2. The summed E-state index contributed by atoms with van der Waals surface area (Å²) in [7, 11) is 0. The Hall–Kier alpha value is -4.38. The molecule has 0 heterocycles. The molecule has 0 aliphatic heterocycles. The van der Waals surface area contributed by atoms with Gasteiger partial charge >= 0.3 is 0 Å². The van der Waals surface area contributed by atoms with Crippen molar-refractivity contribution in [2.75, 3.05) is 13.1 Å². The van der Waals surface area contributed by atoms with Crippen LogP contribution in [-0.2, 0) is 24.6 Å². The number of benzene rings is 2. The molecule has 8 N–H and O–H groups in total. The summed E-state index contributed by atoms with van der Waals surface area (Å²) in [5.74, 6) is 5.82. The van der Waals surface area contributed by atoms with Gasteiger partial charge in [-0.05, 0) is 86.8 Å². The lowest BCUT2D eigenvalue weighted by Crippen LogP contribution is -2.42. The third-order valence-corrected chi connectivity index (χ3v) is 8.54. The highest BCUT2D eigenvalue weighted by atomic mass is 16.3. The zero-order valence-electron chi connectivity index (χ0n) is 28.7. The molecule has 2 aromatic rings. The van der Waals surface area contributed by atoms with E-state index in [2.05, 4.69) is 10.6 Å². The number of hydrogen-bond acceptors (Lipinski definition) is 9. The molecule has 0 fully saturated rings. The summed E-state index contributed by atoms with van der Waals surface area (Å²) in [6.07, 6.45) is 8.40. The van der Waals surface area contributed by atoms with Gasteiger partial charge in [0.05, 0.1) is 6.04 Å². The highest BCUT2D eigenvalue weighted by molar-refractivity contribution is 5.90. The van der Waals surface area contributed by atoms with Crippen molar-refractivity contribution in [3.8, 4) is 11.5 Å². The Morgan fingerprint density at radius 3 is 2.02 bits per heavy atom. The number of hydrogen-bond donors (Lipinski definition) is 6. The van der Waals surface area contributed by atoms with E-state index >= 15 is 0 Å². The number of carbonyl (C=O) groups is 4. The number of carbonyl (C=O) groups excluding carboxylic acids is 4. The van der Waals surface area contributed by atoms with Crippen LogP contribution in [-0.4, -0.2) is 58.2 Å². The van der Waals surface area contributed by atoms with Gasteiger partial charge in [-0.25, -0.2) is 5.84 Å². The van der Waals surface area contributed by atoms with E-state index in [1.165, 1.54) is 5.01 Å². The third-order valence-electron chi connectivity index (χ3n) is 8.54. The average molecular weight is 666 g/mol. The number of unbranched alkanes of at least 4 members (excludes halogenated alkanes) is 3. The molecule has 48 heavy (non-hydrogen) atoms. The van der Waals surface area contributed by atoms with Crippen LogP contribution in [0.5, 0.6) is 11.5 Å². The van der Waals surface area contributed by atoms with Crippen LogP contribution >= 0.6 is 0 Å². The van der Waals surface area contributed by atoms with E-state index in [1.807, 2.05) is 45.0 Å². The van der Waals surface area contributed by atoms with E-state index < -0.39 is 11.5 Å². The molecule has 2 amide bonds. The van der Waals surface area contributed by atoms with Crippen molar-refractivity contribution in [3.05, 3.63) is 71.6 Å². The van der Waals surface area contributed by atoms with Crippen molar-refractivity contribution in [1.82, 2.24) is 15.6 Å². The lowest BCUT2D eigenvalue weighted by atomic mass is 9.73. The van der Waals surface area contributed by atoms with Crippen LogP contribution in [0, 0.1) is 5.92 Å². The number of Topliss-reactive ketones (excluding diaryl/α,β-unsaturated/α-hetero) is 1. The van der Waals surface area contributed by atoms with E-state index in [4.69, 9.17) is 11.6 Å². The normalized spacial score (nSPS) is 12.4. The maximum Gasteiger partial charge on any atom is 0.220 e. The topological polar surface area (TPSA) is 188 Å². The molecule has 0 spiro atoms. The largest absolute Gasteiger partial charge is 0.508 e. The lowest BCUT2D eigenvalue weighted by Gasteiger charge is -2.31. The number of nitrogens with zero attached hydrogens (tertiary/aromatic N) is 1. The minimum Gasteiger partial charge on any atom is -0.508 e. The van der Waals surface area contributed by atoms with Crippen LogP contribution in [0.1, 0.15) is 103 Å². The third kappa shape index (κ3) is 14.2. The molecule has 0 saturated heterocycles. The number of allylic oxidation sites excluding steroid dienone is 1. The summed E-state index contributed by atoms with van der Waals surface area (Å²) in [6.45, 7) is 6.66.